The Bertz CT molecular complexity index is 644. The highest BCUT2D eigenvalue weighted by molar-refractivity contribution is 7.11. The largest absolute Gasteiger partial charge is 0.371 e. The molecule has 5 heteroatoms. The predicted molar refractivity (Wildman–Crippen MR) is 90.6 cm³/mol. The van der Waals surface area contributed by atoms with Crippen molar-refractivity contribution in [2.75, 3.05) is 5.32 Å². The van der Waals surface area contributed by atoms with Gasteiger partial charge in [-0.05, 0) is 35.0 Å². The van der Waals surface area contributed by atoms with Crippen LogP contribution in [0.3, 0.4) is 0 Å². The highest BCUT2D eigenvalue weighted by Gasteiger charge is 2.17. The fourth-order valence-electron chi connectivity index (χ4n) is 1.96. The molecule has 0 saturated heterocycles. The first-order valence-electron chi connectivity index (χ1n) is 6.03. The minimum Gasteiger partial charge on any atom is -0.371 e. The standard InChI is InChI=1S/C15H11Cl2NS2/c16-10-4-1-5-11(14(10)17)18-15(12-6-2-8-19-12)13-7-3-9-20-13/h1-9,15,18H. The molecule has 0 amide bonds. The molecule has 0 aliphatic carbocycles. The van der Waals surface area contributed by atoms with Crippen molar-refractivity contribution in [3.05, 3.63) is 73.0 Å². The zero-order valence-electron chi connectivity index (χ0n) is 10.3. The average Bonchev–Trinajstić information content (AvgIpc) is 3.13. The minimum absolute atomic E-state index is 0.103. The number of nitrogens with one attached hydrogen (secondary N) is 1. The van der Waals surface area contributed by atoms with Crippen LogP contribution in [-0.4, -0.2) is 0 Å². The van der Waals surface area contributed by atoms with Gasteiger partial charge in [-0.25, -0.2) is 0 Å². The van der Waals surface area contributed by atoms with Gasteiger partial charge in [0, 0.05) is 9.75 Å². The van der Waals surface area contributed by atoms with Gasteiger partial charge >= 0.3 is 0 Å². The normalized spacial score (nSPS) is 10.9. The zero-order chi connectivity index (χ0) is 13.9. The van der Waals surface area contributed by atoms with E-state index in [2.05, 4.69) is 40.3 Å². The van der Waals surface area contributed by atoms with Crippen LogP contribution in [-0.2, 0) is 0 Å². The molecule has 1 nitrogen and oxygen atoms in total. The van der Waals surface area contributed by atoms with Crippen molar-refractivity contribution < 1.29 is 0 Å². The van der Waals surface area contributed by atoms with Crippen LogP contribution < -0.4 is 5.32 Å². The van der Waals surface area contributed by atoms with E-state index in [-0.39, 0.29) is 6.04 Å². The van der Waals surface area contributed by atoms with E-state index in [0.29, 0.717) is 10.0 Å². The summed E-state index contributed by atoms with van der Waals surface area (Å²) in [6.45, 7) is 0. The Balaban J connectivity index is 1.97. The van der Waals surface area contributed by atoms with Crippen LogP contribution in [0.25, 0.3) is 0 Å². The zero-order valence-corrected chi connectivity index (χ0v) is 13.5. The van der Waals surface area contributed by atoms with E-state index < -0.39 is 0 Å². The number of hydrogen-bond donors (Lipinski definition) is 1. The van der Waals surface area contributed by atoms with Crippen molar-refractivity contribution in [3.8, 4) is 0 Å². The first kappa shape index (κ1) is 14.0. The second-order valence-corrected chi connectivity index (χ2v) is 6.95. The summed E-state index contributed by atoms with van der Waals surface area (Å²) in [6, 6.07) is 14.1. The molecule has 0 saturated carbocycles. The van der Waals surface area contributed by atoms with Crippen molar-refractivity contribution in [1.29, 1.82) is 0 Å². The molecule has 0 spiro atoms. The van der Waals surface area contributed by atoms with Crippen LogP contribution in [0.5, 0.6) is 0 Å². The molecule has 2 heterocycles. The first-order chi connectivity index (χ1) is 9.75. The number of rotatable bonds is 4. The van der Waals surface area contributed by atoms with Crippen LogP contribution in [0, 0.1) is 0 Å². The number of hydrogen-bond acceptors (Lipinski definition) is 3. The van der Waals surface area contributed by atoms with Crippen LogP contribution in [0.4, 0.5) is 5.69 Å². The third-order valence-corrected chi connectivity index (χ3v) is 5.60. The van der Waals surface area contributed by atoms with Crippen molar-refractivity contribution in [2.45, 2.75) is 6.04 Å². The van der Waals surface area contributed by atoms with Crippen LogP contribution in [0.1, 0.15) is 15.8 Å². The van der Waals surface area contributed by atoms with E-state index in [4.69, 9.17) is 23.2 Å². The maximum atomic E-state index is 6.27. The van der Waals surface area contributed by atoms with Crippen molar-refractivity contribution in [2.24, 2.45) is 0 Å². The Morgan fingerprint density at radius 1 is 0.850 bits per heavy atom. The molecule has 0 unspecified atom stereocenters. The first-order valence-corrected chi connectivity index (χ1v) is 8.54. The van der Waals surface area contributed by atoms with E-state index >= 15 is 0 Å². The molecule has 1 aromatic carbocycles. The molecule has 2 aromatic heterocycles. The van der Waals surface area contributed by atoms with Gasteiger partial charge in [-0.3, -0.25) is 0 Å². The second kappa shape index (κ2) is 6.19. The third-order valence-electron chi connectivity index (χ3n) is 2.91. The molecule has 0 aliphatic rings. The van der Waals surface area contributed by atoms with Gasteiger partial charge in [0.15, 0.2) is 0 Å². The minimum atomic E-state index is 0.103. The predicted octanol–water partition coefficient (Wildman–Crippen LogP) is 6.32. The molecule has 102 valence electrons. The molecule has 0 atom stereocenters. The molecule has 1 N–H and O–H groups in total. The molecular weight excluding hydrogens is 329 g/mol. The maximum Gasteiger partial charge on any atom is 0.0954 e. The quantitative estimate of drug-likeness (QED) is 0.586. The molecule has 3 aromatic rings. The molecule has 0 fully saturated rings. The Kier molecular flexibility index (Phi) is 4.32. The third kappa shape index (κ3) is 2.86. The van der Waals surface area contributed by atoms with Crippen LogP contribution in [0.2, 0.25) is 10.0 Å². The Labute approximate surface area is 135 Å². The number of thiophene rings is 2. The Morgan fingerprint density at radius 2 is 1.50 bits per heavy atom. The van der Waals surface area contributed by atoms with E-state index in [1.165, 1.54) is 9.75 Å². The summed E-state index contributed by atoms with van der Waals surface area (Å²) in [5.74, 6) is 0. The van der Waals surface area contributed by atoms with Gasteiger partial charge in [0.1, 0.15) is 0 Å². The Morgan fingerprint density at radius 3 is 2.05 bits per heavy atom. The lowest BCUT2D eigenvalue weighted by Crippen LogP contribution is -2.09. The SMILES string of the molecule is Clc1cccc(NC(c2cccs2)c2cccs2)c1Cl. The second-order valence-electron chi connectivity index (χ2n) is 4.21. The van der Waals surface area contributed by atoms with Gasteiger partial charge in [-0.1, -0.05) is 41.4 Å². The number of anilines is 1. The van der Waals surface area contributed by atoms with Crippen LogP contribution >= 0.6 is 45.9 Å². The van der Waals surface area contributed by atoms with Gasteiger partial charge in [0.05, 0.1) is 21.8 Å². The number of benzene rings is 1. The van der Waals surface area contributed by atoms with E-state index in [1.807, 2.05) is 12.1 Å². The average molecular weight is 340 g/mol. The van der Waals surface area contributed by atoms with E-state index in [9.17, 15) is 0 Å². The summed E-state index contributed by atoms with van der Waals surface area (Å²) in [5, 5.41) is 8.78. The Hall–Kier alpha value is -1.00. The molecule has 0 radical (unpaired) electrons. The smallest absolute Gasteiger partial charge is 0.0954 e. The fourth-order valence-corrected chi connectivity index (χ4v) is 3.98. The van der Waals surface area contributed by atoms with E-state index in [1.54, 1.807) is 28.7 Å². The van der Waals surface area contributed by atoms with Gasteiger partial charge in [0.25, 0.3) is 0 Å². The molecule has 3 rings (SSSR count). The van der Waals surface area contributed by atoms with Gasteiger partial charge in [-0.2, -0.15) is 0 Å². The molecule has 0 aliphatic heterocycles. The topological polar surface area (TPSA) is 12.0 Å². The molecule has 20 heavy (non-hydrogen) atoms. The van der Waals surface area contributed by atoms with Crippen molar-refractivity contribution >= 4 is 51.6 Å². The lowest BCUT2D eigenvalue weighted by Gasteiger charge is -2.18. The summed E-state index contributed by atoms with van der Waals surface area (Å²) in [5.41, 5.74) is 0.853. The van der Waals surface area contributed by atoms with E-state index in [0.717, 1.165) is 5.69 Å². The van der Waals surface area contributed by atoms with Crippen molar-refractivity contribution in [3.63, 3.8) is 0 Å². The lowest BCUT2D eigenvalue weighted by atomic mass is 10.2. The highest BCUT2D eigenvalue weighted by atomic mass is 35.5. The summed E-state index contributed by atoms with van der Waals surface area (Å²) >= 11 is 15.8. The lowest BCUT2D eigenvalue weighted by molar-refractivity contribution is 0.993. The number of halogens is 2. The molecular formula is C15H11Cl2NS2. The summed E-state index contributed by atoms with van der Waals surface area (Å²) in [6.07, 6.45) is 0. The summed E-state index contributed by atoms with van der Waals surface area (Å²) in [7, 11) is 0. The van der Waals surface area contributed by atoms with Crippen molar-refractivity contribution in [1.82, 2.24) is 0 Å². The maximum absolute atomic E-state index is 6.27. The summed E-state index contributed by atoms with van der Waals surface area (Å²) in [4.78, 5) is 2.51. The highest BCUT2D eigenvalue weighted by Crippen LogP contribution is 2.36. The van der Waals surface area contributed by atoms with Crippen LogP contribution in [0.15, 0.2) is 53.2 Å². The molecule has 0 bridgehead atoms. The fraction of sp³-hybridized carbons (Fsp3) is 0.0667. The van der Waals surface area contributed by atoms with Gasteiger partial charge in [0.2, 0.25) is 0 Å². The van der Waals surface area contributed by atoms with Gasteiger partial charge in [-0.15, -0.1) is 22.7 Å². The van der Waals surface area contributed by atoms with Gasteiger partial charge < -0.3 is 5.32 Å². The monoisotopic (exact) mass is 339 g/mol. The summed E-state index contributed by atoms with van der Waals surface area (Å²) < 4.78 is 0.